The molecule has 2 nitrogen and oxygen atoms in total. The Morgan fingerprint density at radius 1 is 0.962 bits per heavy atom. The lowest BCUT2D eigenvalue weighted by Gasteiger charge is -2.19. The van der Waals surface area contributed by atoms with Crippen molar-refractivity contribution < 1.29 is 9.53 Å². The summed E-state index contributed by atoms with van der Waals surface area (Å²) in [5, 5.41) is 0. The molecule has 0 bridgehead atoms. The molecule has 0 N–H and O–H groups in total. The van der Waals surface area contributed by atoms with E-state index in [1.807, 2.05) is 20.8 Å². The van der Waals surface area contributed by atoms with Crippen LogP contribution in [0.4, 0.5) is 0 Å². The molecule has 0 heterocycles. The van der Waals surface area contributed by atoms with Crippen molar-refractivity contribution in [3.05, 3.63) is 12.2 Å². The lowest BCUT2D eigenvalue weighted by atomic mass is 9.88. The highest BCUT2D eigenvalue weighted by Gasteiger charge is 2.25. The summed E-state index contributed by atoms with van der Waals surface area (Å²) < 4.78 is 5.34. The topological polar surface area (TPSA) is 26.3 Å². The molecule has 2 atom stereocenters. The number of carbonyl (C=O) groups is 1. The van der Waals surface area contributed by atoms with Crippen LogP contribution in [0.2, 0.25) is 0 Å². The quantitative estimate of drug-likeness (QED) is 0.191. The second-order valence-corrected chi connectivity index (χ2v) is 9.19. The average Bonchev–Trinajstić information content (AvgIpc) is 2.99. The molecule has 0 unspecified atom stereocenters. The van der Waals surface area contributed by atoms with E-state index in [9.17, 15) is 4.79 Å². The molecule has 0 spiro atoms. The zero-order valence-corrected chi connectivity index (χ0v) is 18.0. The zero-order valence-electron chi connectivity index (χ0n) is 18.0. The van der Waals surface area contributed by atoms with Crippen molar-refractivity contribution in [3.8, 4) is 0 Å². The summed E-state index contributed by atoms with van der Waals surface area (Å²) in [6.07, 6.45) is 22.6. The Morgan fingerprint density at radius 2 is 1.65 bits per heavy atom. The number of unbranched alkanes of at least 4 members (excludes halogenated alkanes) is 6. The molecule has 0 aromatic carbocycles. The van der Waals surface area contributed by atoms with Gasteiger partial charge in [0.1, 0.15) is 5.60 Å². The van der Waals surface area contributed by atoms with Gasteiger partial charge in [-0.05, 0) is 58.3 Å². The van der Waals surface area contributed by atoms with Crippen LogP contribution in [-0.4, -0.2) is 11.6 Å². The first-order chi connectivity index (χ1) is 12.4. The monoisotopic (exact) mass is 364 g/mol. The summed E-state index contributed by atoms with van der Waals surface area (Å²) >= 11 is 0. The van der Waals surface area contributed by atoms with Crippen LogP contribution in [0.15, 0.2) is 12.2 Å². The van der Waals surface area contributed by atoms with Crippen LogP contribution in [-0.2, 0) is 9.53 Å². The first-order valence-electron chi connectivity index (χ1n) is 11.3. The van der Waals surface area contributed by atoms with Gasteiger partial charge in [0.15, 0.2) is 0 Å². The van der Waals surface area contributed by atoms with Gasteiger partial charge in [0.2, 0.25) is 0 Å². The molecule has 0 aliphatic heterocycles. The van der Waals surface area contributed by atoms with Gasteiger partial charge in [0.25, 0.3) is 0 Å². The van der Waals surface area contributed by atoms with Crippen LogP contribution in [0.1, 0.15) is 118 Å². The standard InChI is InChI=1S/C24H44O2/c1-5-6-7-8-9-12-16-21-18-15-19-22(21)17-13-10-11-14-20-23(25)26-24(2,3)4/h10,13,21-22H,5-9,11-12,14-20H2,1-4H3/t21-,22-/m0/s1. The highest BCUT2D eigenvalue weighted by atomic mass is 16.6. The van der Waals surface area contributed by atoms with Crippen molar-refractivity contribution >= 4 is 5.97 Å². The maximum absolute atomic E-state index is 11.7. The van der Waals surface area contributed by atoms with Gasteiger partial charge in [-0.2, -0.15) is 0 Å². The number of ether oxygens (including phenoxy) is 1. The van der Waals surface area contributed by atoms with E-state index < -0.39 is 0 Å². The van der Waals surface area contributed by atoms with Crippen molar-refractivity contribution in [2.75, 3.05) is 0 Å². The lowest BCUT2D eigenvalue weighted by Crippen LogP contribution is -2.23. The van der Waals surface area contributed by atoms with Crippen LogP contribution in [0, 0.1) is 11.8 Å². The second-order valence-electron chi connectivity index (χ2n) is 9.19. The van der Waals surface area contributed by atoms with E-state index in [1.165, 1.54) is 70.6 Å². The number of carbonyl (C=O) groups excluding carboxylic acids is 1. The minimum atomic E-state index is -0.361. The number of hydrogen-bond donors (Lipinski definition) is 0. The molecule has 1 saturated carbocycles. The molecular formula is C24H44O2. The average molecular weight is 365 g/mol. The molecule has 2 heteroatoms. The van der Waals surface area contributed by atoms with Gasteiger partial charge in [-0.1, -0.05) is 76.9 Å². The molecule has 26 heavy (non-hydrogen) atoms. The largest absolute Gasteiger partial charge is 0.460 e. The van der Waals surface area contributed by atoms with Crippen molar-refractivity contribution in [2.45, 2.75) is 123 Å². The molecule has 1 rings (SSSR count). The number of esters is 1. The Labute approximate surface area is 163 Å². The summed E-state index contributed by atoms with van der Waals surface area (Å²) in [6.45, 7) is 8.06. The van der Waals surface area contributed by atoms with Crippen molar-refractivity contribution in [2.24, 2.45) is 11.8 Å². The van der Waals surface area contributed by atoms with Gasteiger partial charge >= 0.3 is 5.97 Å². The lowest BCUT2D eigenvalue weighted by molar-refractivity contribution is -0.154. The molecule has 0 aromatic rings. The Balaban J connectivity index is 2.09. The molecule has 1 aliphatic rings. The highest BCUT2D eigenvalue weighted by molar-refractivity contribution is 5.69. The van der Waals surface area contributed by atoms with Crippen molar-refractivity contribution in [1.29, 1.82) is 0 Å². The zero-order chi connectivity index (χ0) is 19.3. The van der Waals surface area contributed by atoms with E-state index >= 15 is 0 Å². The Bertz CT molecular complexity index is 392. The fourth-order valence-corrected chi connectivity index (χ4v) is 4.14. The number of allylic oxidation sites excluding steroid dienone is 2. The van der Waals surface area contributed by atoms with Crippen molar-refractivity contribution in [1.82, 2.24) is 0 Å². The van der Waals surface area contributed by atoms with Gasteiger partial charge in [-0.25, -0.2) is 0 Å². The van der Waals surface area contributed by atoms with Crippen LogP contribution in [0.25, 0.3) is 0 Å². The SMILES string of the molecule is CCCCCCCC[C@H]1CCC[C@@H]1CC=CCCCC(=O)OC(C)(C)C. The minimum absolute atomic E-state index is 0.0688. The van der Waals surface area contributed by atoms with Crippen LogP contribution in [0.5, 0.6) is 0 Å². The second kappa shape index (κ2) is 13.4. The van der Waals surface area contributed by atoms with Gasteiger partial charge in [-0.3, -0.25) is 4.79 Å². The van der Waals surface area contributed by atoms with E-state index in [1.54, 1.807) is 0 Å². The predicted molar refractivity (Wildman–Crippen MR) is 112 cm³/mol. The van der Waals surface area contributed by atoms with Crippen LogP contribution >= 0.6 is 0 Å². The third kappa shape index (κ3) is 11.8. The maximum atomic E-state index is 11.7. The van der Waals surface area contributed by atoms with E-state index in [2.05, 4.69) is 19.1 Å². The third-order valence-corrected chi connectivity index (χ3v) is 5.52. The van der Waals surface area contributed by atoms with Crippen LogP contribution in [0.3, 0.4) is 0 Å². The summed E-state index contributed by atoms with van der Waals surface area (Å²) in [5.41, 5.74) is -0.361. The molecule has 0 aromatic heterocycles. The van der Waals surface area contributed by atoms with Crippen LogP contribution < -0.4 is 0 Å². The first kappa shape index (κ1) is 23.2. The fraction of sp³-hybridized carbons (Fsp3) is 0.875. The van der Waals surface area contributed by atoms with Crippen molar-refractivity contribution in [3.63, 3.8) is 0 Å². The fourth-order valence-electron chi connectivity index (χ4n) is 4.14. The van der Waals surface area contributed by atoms with Gasteiger partial charge in [-0.15, -0.1) is 0 Å². The molecule has 0 radical (unpaired) electrons. The third-order valence-electron chi connectivity index (χ3n) is 5.52. The van der Waals surface area contributed by atoms with E-state index in [0.29, 0.717) is 6.42 Å². The minimum Gasteiger partial charge on any atom is -0.460 e. The molecular weight excluding hydrogens is 320 g/mol. The maximum Gasteiger partial charge on any atom is 0.306 e. The smallest absolute Gasteiger partial charge is 0.306 e. The molecule has 1 aliphatic carbocycles. The van der Waals surface area contributed by atoms with Gasteiger partial charge < -0.3 is 4.74 Å². The summed E-state index contributed by atoms with van der Waals surface area (Å²) in [6, 6.07) is 0. The van der Waals surface area contributed by atoms with Gasteiger partial charge in [0, 0.05) is 6.42 Å². The Morgan fingerprint density at radius 3 is 2.38 bits per heavy atom. The molecule has 1 fully saturated rings. The molecule has 0 saturated heterocycles. The molecule has 0 amide bonds. The predicted octanol–water partition coefficient (Wildman–Crippen LogP) is 7.61. The summed E-state index contributed by atoms with van der Waals surface area (Å²) in [4.78, 5) is 11.7. The van der Waals surface area contributed by atoms with E-state index in [0.717, 1.165) is 24.7 Å². The number of hydrogen-bond acceptors (Lipinski definition) is 2. The summed E-state index contributed by atoms with van der Waals surface area (Å²) in [7, 11) is 0. The van der Waals surface area contributed by atoms with E-state index in [-0.39, 0.29) is 11.6 Å². The summed E-state index contributed by atoms with van der Waals surface area (Å²) in [5.74, 6) is 1.81. The first-order valence-corrected chi connectivity index (χ1v) is 11.3. The number of rotatable bonds is 13. The molecule has 152 valence electrons. The Kier molecular flexibility index (Phi) is 12.0. The Hall–Kier alpha value is -0.790. The normalized spacial score (nSPS) is 20.8. The highest BCUT2D eigenvalue weighted by Crippen LogP contribution is 2.37. The van der Waals surface area contributed by atoms with E-state index in [4.69, 9.17) is 4.74 Å². The van der Waals surface area contributed by atoms with Gasteiger partial charge in [0.05, 0.1) is 0 Å².